The van der Waals surface area contributed by atoms with Crippen molar-refractivity contribution < 1.29 is 9.52 Å². The van der Waals surface area contributed by atoms with Gasteiger partial charge in [-0.05, 0) is 38.7 Å². The van der Waals surface area contributed by atoms with E-state index in [1.54, 1.807) is 6.26 Å². The standard InChI is InChI=1S/C13H21NO2/c1-10(4-3-8-15)14-12-5-2-6-13-11(12)7-9-16-13/h7,9-10,12,14-15H,2-6,8H2,1H3. The molecule has 0 fully saturated rings. The van der Waals surface area contributed by atoms with Crippen LogP contribution in [0, 0.1) is 0 Å². The maximum atomic E-state index is 8.80. The van der Waals surface area contributed by atoms with Gasteiger partial charge in [-0.25, -0.2) is 0 Å². The van der Waals surface area contributed by atoms with Gasteiger partial charge in [-0.15, -0.1) is 0 Å². The maximum absolute atomic E-state index is 8.80. The summed E-state index contributed by atoms with van der Waals surface area (Å²) in [7, 11) is 0. The molecule has 1 aliphatic rings. The molecular formula is C13H21NO2. The molecule has 1 aromatic rings. The lowest BCUT2D eigenvalue weighted by Gasteiger charge is -2.26. The highest BCUT2D eigenvalue weighted by Gasteiger charge is 2.23. The minimum atomic E-state index is 0.285. The number of hydrogen-bond acceptors (Lipinski definition) is 3. The smallest absolute Gasteiger partial charge is 0.108 e. The van der Waals surface area contributed by atoms with Crippen LogP contribution in [0.15, 0.2) is 16.7 Å². The van der Waals surface area contributed by atoms with Crippen molar-refractivity contribution in [2.75, 3.05) is 6.61 Å². The van der Waals surface area contributed by atoms with Crippen LogP contribution < -0.4 is 5.32 Å². The molecule has 3 nitrogen and oxygen atoms in total. The van der Waals surface area contributed by atoms with Gasteiger partial charge in [-0.1, -0.05) is 0 Å². The van der Waals surface area contributed by atoms with Gasteiger partial charge >= 0.3 is 0 Å². The van der Waals surface area contributed by atoms with Gasteiger partial charge < -0.3 is 14.8 Å². The molecule has 0 saturated carbocycles. The Labute approximate surface area is 96.8 Å². The van der Waals surface area contributed by atoms with Crippen molar-refractivity contribution in [2.24, 2.45) is 0 Å². The first-order chi connectivity index (χ1) is 7.81. The van der Waals surface area contributed by atoms with E-state index < -0.39 is 0 Å². The normalized spacial score (nSPS) is 21.8. The second kappa shape index (κ2) is 5.51. The van der Waals surface area contributed by atoms with Gasteiger partial charge in [0.25, 0.3) is 0 Å². The molecule has 2 N–H and O–H groups in total. The Morgan fingerprint density at radius 2 is 2.50 bits per heavy atom. The van der Waals surface area contributed by atoms with Crippen molar-refractivity contribution in [3.05, 3.63) is 23.7 Å². The third-order valence-electron chi connectivity index (χ3n) is 3.33. The Hall–Kier alpha value is -0.800. The van der Waals surface area contributed by atoms with Crippen molar-refractivity contribution in [1.82, 2.24) is 5.32 Å². The average Bonchev–Trinajstić information content (AvgIpc) is 2.75. The van der Waals surface area contributed by atoms with Gasteiger partial charge in [0.2, 0.25) is 0 Å². The van der Waals surface area contributed by atoms with Gasteiger partial charge in [0.05, 0.1) is 6.26 Å². The van der Waals surface area contributed by atoms with Crippen LogP contribution >= 0.6 is 0 Å². The SMILES string of the molecule is CC(CCCO)NC1CCCc2occc21. The molecule has 1 aliphatic carbocycles. The molecule has 2 rings (SSSR count). The van der Waals surface area contributed by atoms with Gasteiger partial charge in [-0.2, -0.15) is 0 Å². The van der Waals surface area contributed by atoms with Crippen molar-refractivity contribution in [1.29, 1.82) is 0 Å². The zero-order chi connectivity index (χ0) is 11.4. The van der Waals surface area contributed by atoms with Crippen LogP contribution in [-0.4, -0.2) is 17.8 Å². The van der Waals surface area contributed by atoms with Crippen molar-refractivity contribution in [3.8, 4) is 0 Å². The Morgan fingerprint density at radius 1 is 1.62 bits per heavy atom. The fraction of sp³-hybridized carbons (Fsp3) is 0.692. The summed E-state index contributed by atoms with van der Waals surface area (Å²) < 4.78 is 5.47. The van der Waals surface area contributed by atoms with E-state index in [-0.39, 0.29) is 6.61 Å². The summed E-state index contributed by atoms with van der Waals surface area (Å²) in [5.41, 5.74) is 1.34. The highest BCUT2D eigenvalue weighted by molar-refractivity contribution is 5.24. The van der Waals surface area contributed by atoms with E-state index in [1.807, 2.05) is 0 Å². The summed E-state index contributed by atoms with van der Waals surface area (Å²) in [4.78, 5) is 0. The third-order valence-corrected chi connectivity index (χ3v) is 3.33. The van der Waals surface area contributed by atoms with Gasteiger partial charge in [0.1, 0.15) is 5.76 Å². The maximum Gasteiger partial charge on any atom is 0.108 e. The Bertz CT molecular complexity index is 321. The number of fused-ring (bicyclic) bond motifs is 1. The third kappa shape index (κ3) is 2.66. The average molecular weight is 223 g/mol. The van der Waals surface area contributed by atoms with Gasteiger partial charge in [0, 0.05) is 30.7 Å². The summed E-state index contributed by atoms with van der Waals surface area (Å²) in [6.45, 7) is 2.47. The van der Waals surface area contributed by atoms with Crippen LogP contribution in [0.1, 0.15) is 50.0 Å². The fourth-order valence-corrected chi connectivity index (χ4v) is 2.48. The number of aryl methyl sites for hydroxylation is 1. The molecule has 3 heteroatoms. The molecule has 0 aromatic carbocycles. The Kier molecular flexibility index (Phi) is 4.02. The topological polar surface area (TPSA) is 45.4 Å². The van der Waals surface area contributed by atoms with Crippen LogP contribution in [0.25, 0.3) is 0 Å². The Balaban J connectivity index is 1.92. The molecule has 1 heterocycles. The number of aliphatic hydroxyl groups is 1. The minimum absolute atomic E-state index is 0.285. The molecular weight excluding hydrogens is 202 g/mol. The van der Waals surface area contributed by atoms with Gasteiger partial charge in [0.15, 0.2) is 0 Å². The lowest BCUT2D eigenvalue weighted by molar-refractivity contribution is 0.271. The van der Waals surface area contributed by atoms with Crippen molar-refractivity contribution >= 4 is 0 Å². The number of furan rings is 1. The molecule has 0 saturated heterocycles. The van der Waals surface area contributed by atoms with Crippen LogP contribution in [0.5, 0.6) is 0 Å². The summed E-state index contributed by atoms with van der Waals surface area (Å²) in [6, 6.07) is 2.99. The van der Waals surface area contributed by atoms with E-state index in [2.05, 4.69) is 18.3 Å². The van der Waals surface area contributed by atoms with Crippen LogP contribution in [0.3, 0.4) is 0 Å². The number of rotatable bonds is 5. The summed E-state index contributed by atoms with van der Waals surface area (Å²) >= 11 is 0. The van der Waals surface area contributed by atoms with Crippen LogP contribution in [-0.2, 0) is 6.42 Å². The fourth-order valence-electron chi connectivity index (χ4n) is 2.48. The summed E-state index contributed by atoms with van der Waals surface area (Å²) in [5, 5.41) is 12.4. The molecule has 0 bridgehead atoms. The summed E-state index contributed by atoms with van der Waals surface area (Å²) in [5.74, 6) is 1.15. The largest absolute Gasteiger partial charge is 0.469 e. The van der Waals surface area contributed by atoms with E-state index in [0.29, 0.717) is 12.1 Å². The molecule has 0 radical (unpaired) electrons. The second-order valence-corrected chi connectivity index (χ2v) is 4.68. The predicted molar refractivity (Wildman–Crippen MR) is 63.3 cm³/mol. The molecule has 16 heavy (non-hydrogen) atoms. The lowest BCUT2D eigenvalue weighted by Crippen LogP contribution is -2.32. The van der Waals surface area contributed by atoms with Crippen LogP contribution in [0.2, 0.25) is 0 Å². The number of hydrogen-bond donors (Lipinski definition) is 2. The first-order valence-electron chi connectivity index (χ1n) is 6.24. The molecule has 0 amide bonds. The predicted octanol–water partition coefficient (Wildman–Crippen LogP) is 2.41. The van der Waals surface area contributed by atoms with E-state index in [4.69, 9.17) is 9.52 Å². The zero-order valence-electron chi connectivity index (χ0n) is 9.91. The number of aliphatic hydroxyl groups excluding tert-OH is 1. The molecule has 0 aliphatic heterocycles. The van der Waals surface area contributed by atoms with E-state index >= 15 is 0 Å². The second-order valence-electron chi connectivity index (χ2n) is 4.68. The van der Waals surface area contributed by atoms with Gasteiger partial charge in [-0.3, -0.25) is 0 Å². The minimum Gasteiger partial charge on any atom is -0.469 e. The first kappa shape index (κ1) is 11.7. The molecule has 2 unspecified atom stereocenters. The Morgan fingerprint density at radius 3 is 3.31 bits per heavy atom. The first-order valence-corrected chi connectivity index (χ1v) is 6.24. The zero-order valence-corrected chi connectivity index (χ0v) is 9.91. The molecule has 0 spiro atoms. The van der Waals surface area contributed by atoms with Crippen molar-refractivity contribution in [2.45, 2.75) is 51.1 Å². The van der Waals surface area contributed by atoms with E-state index in [0.717, 1.165) is 25.0 Å². The van der Waals surface area contributed by atoms with E-state index in [9.17, 15) is 0 Å². The lowest BCUT2D eigenvalue weighted by atomic mass is 9.92. The van der Waals surface area contributed by atoms with Crippen LogP contribution in [0.4, 0.5) is 0 Å². The number of nitrogens with one attached hydrogen (secondary N) is 1. The highest BCUT2D eigenvalue weighted by Crippen LogP contribution is 2.30. The van der Waals surface area contributed by atoms with E-state index in [1.165, 1.54) is 18.4 Å². The molecule has 1 aromatic heterocycles. The quantitative estimate of drug-likeness (QED) is 0.805. The summed E-state index contributed by atoms with van der Waals surface area (Å²) in [6.07, 6.45) is 7.16. The monoisotopic (exact) mass is 223 g/mol. The molecule has 90 valence electrons. The van der Waals surface area contributed by atoms with Crippen molar-refractivity contribution in [3.63, 3.8) is 0 Å². The molecule has 2 atom stereocenters. The highest BCUT2D eigenvalue weighted by atomic mass is 16.3.